The second-order valence-corrected chi connectivity index (χ2v) is 5.12. The first-order valence-electron chi connectivity index (χ1n) is 7.35. The van der Waals surface area contributed by atoms with Crippen LogP contribution in [0.15, 0.2) is 24.3 Å². The second-order valence-electron chi connectivity index (χ2n) is 5.12. The monoisotopic (exact) mass is 266 g/mol. The summed E-state index contributed by atoms with van der Waals surface area (Å²) in [6, 6.07) is 7.25. The molecule has 2 nitrogen and oxygen atoms in total. The first-order chi connectivity index (χ1) is 9.15. The molecule has 0 amide bonds. The minimum Gasteiger partial charge on any atom is -0.313 e. The molecule has 1 rings (SSSR count). The van der Waals surface area contributed by atoms with Gasteiger partial charge in [0.05, 0.1) is 0 Å². The number of rotatable bonds is 9. The molecular weight excluding hydrogens is 239 g/mol. The maximum absolute atomic E-state index is 13.1. The van der Waals surface area contributed by atoms with Crippen molar-refractivity contribution in [1.82, 2.24) is 10.2 Å². The van der Waals surface area contributed by atoms with E-state index in [1.54, 1.807) is 12.1 Å². The van der Waals surface area contributed by atoms with Crippen LogP contribution in [-0.4, -0.2) is 37.1 Å². The van der Waals surface area contributed by atoms with E-state index in [0.717, 1.165) is 38.2 Å². The number of nitrogens with zero attached hydrogens (tertiary/aromatic N) is 1. The van der Waals surface area contributed by atoms with Crippen LogP contribution >= 0.6 is 0 Å². The van der Waals surface area contributed by atoms with Crippen molar-refractivity contribution < 1.29 is 4.39 Å². The van der Waals surface area contributed by atoms with E-state index in [9.17, 15) is 4.39 Å². The van der Waals surface area contributed by atoms with E-state index in [-0.39, 0.29) is 5.82 Å². The maximum Gasteiger partial charge on any atom is 0.123 e. The fourth-order valence-electron chi connectivity index (χ4n) is 2.30. The summed E-state index contributed by atoms with van der Waals surface area (Å²) in [6.07, 6.45) is 2.07. The van der Waals surface area contributed by atoms with E-state index >= 15 is 0 Å². The fraction of sp³-hybridized carbons (Fsp3) is 0.625. The van der Waals surface area contributed by atoms with E-state index in [0.29, 0.717) is 6.04 Å². The Morgan fingerprint density at radius 3 is 2.68 bits per heavy atom. The first kappa shape index (κ1) is 16.1. The van der Waals surface area contributed by atoms with Crippen molar-refractivity contribution in [2.75, 3.05) is 26.2 Å². The zero-order valence-electron chi connectivity index (χ0n) is 12.5. The standard InChI is InChI=1S/C16H27FN2/c1-4-10-19(5-2)11-9-18-14(3)12-15-7-6-8-16(17)13-15/h6-8,13-14,18H,4-5,9-12H2,1-3H3. The second kappa shape index (κ2) is 9.05. The molecule has 0 radical (unpaired) electrons. The van der Waals surface area contributed by atoms with Gasteiger partial charge in [0.15, 0.2) is 0 Å². The van der Waals surface area contributed by atoms with E-state index in [4.69, 9.17) is 0 Å². The van der Waals surface area contributed by atoms with Crippen LogP contribution < -0.4 is 5.32 Å². The van der Waals surface area contributed by atoms with Gasteiger partial charge in [-0.05, 0) is 50.6 Å². The molecule has 0 aliphatic carbocycles. The molecule has 3 heteroatoms. The van der Waals surface area contributed by atoms with E-state index in [1.807, 2.05) is 6.07 Å². The third-order valence-electron chi connectivity index (χ3n) is 3.34. The van der Waals surface area contributed by atoms with Crippen molar-refractivity contribution in [3.63, 3.8) is 0 Å². The Balaban J connectivity index is 2.26. The number of hydrogen-bond donors (Lipinski definition) is 1. The van der Waals surface area contributed by atoms with Gasteiger partial charge in [-0.25, -0.2) is 4.39 Å². The highest BCUT2D eigenvalue weighted by Crippen LogP contribution is 2.06. The van der Waals surface area contributed by atoms with Crippen LogP contribution in [-0.2, 0) is 6.42 Å². The lowest BCUT2D eigenvalue weighted by atomic mass is 10.1. The highest BCUT2D eigenvalue weighted by Gasteiger charge is 2.05. The van der Waals surface area contributed by atoms with Crippen molar-refractivity contribution in [3.05, 3.63) is 35.6 Å². The molecule has 0 saturated heterocycles. The van der Waals surface area contributed by atoms with Crippen LogP contribution in [0.5, 0.6) is 0 Å². The number of likely N-dealkylation sites (N-methyl/N-ethyl adjacent to an activating group) is 1. The van der Waals surface area contributed by atoms with Gasteiger partial charge < -0.3 is 10.2 Å². The van der Waals surface area contributed by atoms with Crippen molar-refractivity contribution in [3.8, 4) is 0 Å². The zero-order chi connectivity index (χ0) is 14.1. The first-order valence-corrected chi connectivity index (χ1v) is 7.35. The highest BCUT2D eigenvalue weighted by atomic mass is 19.1. The molecule has 1 atom stereocenters. The summed E-state index contributed by atoms with van der Waals surface area (Å²) in [5.41, 5.74) is 1.06. The molecule has 0 aliphatic rings. The number of nitrogens with one attached hydrogen (secondary N) is 1. The van der Waals surface area contributed by atoms with Gasteiger partial charge in [0, 0.05) is 19.1 Å². The SMILES string of the molecule is CCCN(CC)CCNC(C)Cc1cccc(F)c1. The topological polar surface area (TPSA) is 15.3 Å². The average Bonchev–Trinajstić information content (AvgIpc) is 2.37. The smallest absolute Gasteiger partial charge is 0.123 e. The van der Waals surface area contributed by atoms with E-state index < -0.39 is 0 Å². The molecule has 19 heavy (non-hydrogen) atoms. The average molecular weight is 266 g/mol. The lowest BCUT2D eigenvalue weighted by Gasteiger charge is -2.21. The number of halogens is 1. The van der Waals surface area contributed by atoms with Crippen molar-refractivity contribution >= 4 is 0 Å². The lowest BCUT2D eigenvalue weighted by Crippen LogP contribution is -2.37. The molecule has 1 N–H and O–H groups in total. The van der Waals surface area contributed by atoms with Crippen LogP contribution in [0.4, 0.5) is 4.39 Å². The largest absolute Gasteiger partial charge is 0.313 e. The normalized spacial score (nSPS) is 12.9. The Hall–Kier alpha value is -0.930. The molecular formula is C16H27FN2. The van der Waals surface area contributed by atoms with E-state index in [2.05, 4.69) is 31.0 Å². The minimum absolute atomic E-state index is 0.148. The third-order valence-corrected chi connectivity index (χ3v) is 3.34. The Bertz CT molecular complexity index is 354. The number of hydrogen-bond acceptors (Lipinski definition) is 2. The molecule has 1 aromatic rings. The van der Waals surface area contributed by atoms with Crippen LogP contribution in [0.1, 0.15) is 32.8 Å². The summed E-state index contributed by atoms with van der Waals surface area (Å²) in [4.78, 5) is 2.45. The van der Waals surface area contributed by atoms with Gasteiger partial charge in [0.25, 0.3) is 0 Å². The van der Waals surface area contributed by atoms with Gasteiger partial charge >= 0.3 is 0 Å². The molecule has 0 bridgehead atoms. The fourth-order valence-corrected chi connectivity index (χ4v) is 2.30. The Morgan fingerprint density at radius 1 is 1.26 bits per heavy atom. The molecule has 0 heterocycles. The van der Waals surface area contributed by atoms with Crippen LogP contribution in [0.3, 0.4) is 0 Å². The molecule has 0 aromatic heterocycles. The molecule has 0 fully saturated rings. The van der Waals surface area contributed by atoms with Gasteiger partial charge in [-0.2, -0.15) is 0 Å². The van der Waals surface area contributed by atoms with Gasteiger partial charge in [-0.3, -0.25) is 0 Å². The molecule has 0 aliphatic heterocycles. The molecule has 0 spiro atoms. The summed E-state index contributed by atoms with van der Waals surface area (Å²) < 4.78 is 13.1. The lowest BCUT2D eigenvalue weighted by molar-refractivity contribution is 0.283. The zero-order valence-corrected chi connectivity index (χ0v) is 12.5. The summed E-state index contributed by atoms with van der Waals surface area (Å²) in [5, 5.41) is 3.51. The van der Waals surface area contributed by atoms with Crippen LogP contribution in [0.2, 0.25) is 0 Å². The van der Waals surface area contributed by atoms with Crippen molar-refractivity contribution in [1.29, 1.82) is 0 Å². The maximum atomic E-state index is 13.1. The Labute approximate surface area is 117 Å². The Morgan fingerprint density at radius 2 is 2.05 bits per heavy atom. The van der Waals surface area contributed by atoms with Gasteiger partial charge in [0.1, 0.15) is 5.82 Å². The van der Waals surface area contributed by atoms with Gasteiger partial charge in [-0.15, -0.1) is 0 Å². The predicted molar refractivity (Wildman–Crippen MR) is 80.0 cm³/mol. The van der Waals surface area contributed by atoms with Gasteiger partial charge in [-0.1, -0.05) is 26.0 Å². The summed E-state index contributed by atoms with van der Waals surface area (Å²) >= 11 is 0. The Kier molecular flexibility index (Phi) is 7.68. The summed E-state index contributed by atoms with van der Waals surface area (Å²) in [7, 11) is 0. The minimum atomic E-state index is -0.148. The molecule has 0 saturated carbocycles. The third kappa shape index (κ3) is 6.69. The molecule has 108 valence electrons. The van der Waals surface area contributed by atoms with Crippen LogP contribution in [0, 0.1) is 5.82 Å². The molecule has 1 unspecified atom stereocenters. The number of benzene rings is 1. The summed E-state index contributed by atoms with van der Waals surface area (Å²) in [6.45, 7) is 10.9. The molecule has 1 aromatic carbocycles. The predicted octanol–water partition coefficient (Wildman–Crippen LogP) is 3.08. The van der Waals surface area contributed by atoms with Crippen molar-refractivity contribution in [2.45, 2.75) is 39.7 Å². The highest BCUT2D eigenvalue weighted by molar-refractivity contribution is 5.17. The quantitative estimate of drug-likeness (QED) is 0.739. The van der Waals surface area contributed by atoms with Crippen molar-refractivity contribution in [2.24, 2.45) is 0 Å². The van der Waals surface area contributed by atoms with E-state index in [1.165, 1.54) is 12.5 Å². The summed E-state index contributed by atoms with van der Waals surface area (Å²) in [5.74, 6) is -0.148. The van der Waals surface area contributed by atoms with Crippen LogP contribution in [0.25, 0.3) is 0 Å². The van der Waals surface area contributed by atoms with Gasteiger partial charge in [0.2, 0.25) is 0 Å².